The van der Waals surface area contributed by atoms with Crippen LogP contribution in [0.2, 0.25) is 0 Å². The van der Waals surface area contributed by atoms with Gasteiger partial charge in [0.1, 0.15) is 0 Å². The smallest absolute Gasteiger partial charge is 0.303 e. The molecule has 0 radical (unpaired) electrons. The van der Waals surface area contributed by atoms with Gasteiger partial charge in [0.2, 0.25) is 0 Å². The van der Waals surface area contributed by atoms with Crippen LogP contribution in [0.1, 0.15) is 33.6 Å². The van der Waals surface area contributed by atoms with Gasteiger partial charge < -0.3 is 5.11 Å². The predicted molar refractivity (Wildman–Crippen MR) is 50.0 cm³/mol. The Morgan fingerprint density at radius 3 is 2.50 bits per heavy atom. The van der Waals surface area contributed by atoms with Crippen LogP contribution in [0.5, 0.6) is 0 Å². The van der Waals surface area contributed by atoms with E-state index in [-0.39, 0.29) is 12.3 Å². The Kier molecular flexibility index (Phi) is 5.43. The van der Waals surface area contributed by atoms with Crippen molar-refractivity contribution in [2.45, 2.75) is 33.6 Å². The van der Waals surface area contributed by atoms with Crippen LogP contribution in [-0.2, 0) is 4.79 Å². The maximum absolute atomic E-state index is 10.4. The van der Waals surface area contributed by atoms with Gasteiger partial charge in [-0.25, -0.2) is 0 Å². The number of allylic oxidation sites excluding steroid dienone is 2. The molecule has 0 amide bonds. The summed E-state index contributed by atoms with van der Waals surface area (Å²) in [6.07, 6.45) is 5.45. The Labute approximate surface area is 74.3 Å². The normalized spacial score (nSPS) is 16.2. The molecule has 2 unspecified atom stereocenters. The highest BCUT2D eigenvalue weighted by molar-refractivity contribution is 5.67. The molecule has 70 valence electrons. The van der Waals surface area contributed by atoms with Crippen molar-refractivity contribution in [3.63, 3.8) is 0 Å². The van der Waals surface area contributed by atoms with Crippen molar-refractivity contribution >= 4 is 5.97 Å². The van der Waals surface area contributed by atoms with Crippen molar-refractivity contribution in [1.29, 1.82) is 0 Å². The maximum atomic E-state index is 10.4. The van der Waals surface area contributed by atoms with Gasteiger partial charge in [-0.2, -0.15) is 0 Å². The summed E-state index contributed by atoms with van der Waals surface area (Å²) in [5, 5.41) is 8.53. The molecular weight excluding hydrogens is 152 g/mol. The van der Waals surface area contributed by atoms with E-state index in [1.54, 1.807) is 0 Å². The summed E-state index contributed by atoms with van der Waals surface area (Å²) >= 11 is 0. The van der Waals surface area contributed by atoms with Crippen molar-refractivity contribution in [2.24, 2.45) is 11.8 Å². The fourth-order valence-corrected chi connectivity index (χ4v) is 1.00. The number of carbonyl (C=O) groups is 1. The second-order valence-electron chi connectivity index (χ2n) is 3.27. The molecule has 12 heavy (non-hydrogen) atoms. The SMILES string of the molecule is CC/C=C/C(C)C(C)CC(=O)O. The van der Waals surface area contributed by atoms with E-state index in [4.69, 9.17) is 5.11 Å². The average molecular weight is 170 g/mol. The van der Waals surface area contributed by atoms with Crippen LogP contribution < -0.4 is 0 Å². The zero-order valence-corrected chi connectivity index (χ0v) is 8.08. The molecule has 0 saturated heterocycles. The third kappa shape index (κ3) is 4.94. The van der Waals surface area contributed by atoms with E-state index in [1.807, 2.05) is 6.92 Å². The van der Waals surface area contributed by atoms with E-state index >= 15 is 0 Å². The van der Waals surface area contributed by atoms with Crippen LogP contribution in [0.25, 0.3) is 0 Å². The highest BCUT2D eigenvalue weighted by atomic mass is 16.4. The summed E-state index contributed by atoms with van der Waals surface area (Å²) < 4.78 is 0. The third-order valence-corrected chi connectivity index (χ3v) is 2.07. The van der Waals surface area contributed by atoms with Gasteiger partial charge in [0.05, 0.1) is 0 Å². The molecule has 0 aliphatic rings. The van der Waals surface area contributed by atoms with Crippen LogP contribution in [0.3, 0.4) is 0 Å². The summed E-state index contributed by atoms with van der Waals surface area (Å²) in [5.74, 6) is -0.120. The second kappa shape index (κ2) is 5.81. The summed E-state index contributed by atoms with van der Waals surface area (Å²) in [6, 6.07) is 0. The van der Waals surface area contributed by atoms with E-state index in [1.165, 1.54) is 0 Å². The van der Waals surface area contributed by atoms with E-state index in [2.05, 4.69) is 26.0 Å². The van der Waals surface area contributed by atoms with Gasteiger partial charge in [-0.05, 0) is 18.3 Å². The minimum absolute atomic E-state index is 0.227. The first-order chi connectivity index (χ1) is 5.57. The zero-order valence-electron chi connectivity index (χ0n) is 8.08. The van der Waals surface area contributed by atoms with Gasteiger partial charge in [0, 0.05) is 6.42 Å². The van der Waals surface area contributed by atoms with Crippen molar-refractivity contribution < 1.29 is 9.90 Å². The highest BCUT2D eigenvalue weighted by Gasteiger charge is 2.12. The van der Waals surface area contributed by atoms with Crippen LogP contribution in [0.15, 0.2) is 12.2 Å². The first-order valence-corrected chi connectivity index (χ1v) is 4.46. The number of carboxylic acids is 1. The van der Waals surface area contributed by atoms with Gasteiger partial charge >= 0.3 is 5.97 Å². The summed E-state index contributed by atoms with van der Waals surface area (Å²) in [4.78, 5) is 10.4. The first-order valence-electron chi connectivity index (χ1n) is 4.46. The molecule has 2 heteroatoms. The highest BCUT2D eigenvalue weighted by Crippen LogP contribution is 2.16. The lowest BCUT2D eigenvalue weighted by Crippen LogP contribution is -2.10. The molecule has 2 nitrogen and oxygen atoms in total. The predicted octanol–water partition coefficient (Wildman–Crippen LogP) is 2.70. The van der Waals surface area contributed by atoms with Crippen molar-refractivity contribution in [3.8, 4) is 0 Å². The molecule has 0 aromatic carbocycles. The van der Waals surface area contributed by atoms with Crippen LogP contribution in [0.4, 0.5) is 0 Å². The Hall–Kier alpha value is -0.790. The molecular formula is C10H18O2. The molecule has 2 atom stereocenters. The number of aliphatic carboxylic acids is 1. The van der Waals surface area contributed by atoms with Gasteiger partial charge in [-0.1, -0.05) is 32.9 Å². The standard InChI is InChI=1S/C10H18O2/c1-4-5-6-8(2)9(3)7-10(11)12/h5-6,8-9H,4,7H2,1-3H3,(H,11,12)/b6-5+. The molecule has 0 heterocycles. The Morgan fingerprint density at radius 1 is 1.50 bits per heavy atom. The molecule has 0 fully saturated rings. The van der Waals surface area contributed by atoms with Crippen LogP contribution in [-0.4, -0.2) is 11.1 Å². The fraction of sp³-hybridized carbons (Fsp3) is 0.700. The van der Waals surface area contributed by atoms with E-state index in [9.17, 15) is 4.79 Å². The molecule has 1 N–H and O–H groups in total. The average Bonchev–Trinajstić information content (AvgIpc) is 1.98. The lowest BCUT2D eigenvalue weighted by molar-refractivity contribution is -0.138. The first kappa shape index (κ1) is 11.2. The number of hydrogen-bond donors (Lipinski definition) is 1. The Balaban J connectivity index is 3.83. The quantitative estimate of drug-likeness (QED) is 0.644. The van der Waals surface area contributed by atoms with E-state index < -0.39 is 5.97 Å². The molecule has 0 spiro atoms. The summed E-state index contributed by atoms with van der Waals surface area (Å²) in [6.45, 7) is 6.10. The molecule has 0 rings (SSSR count). The second-order valence-corrected chi connectivity index (χ2v) is 3.27. The van der Waals surface area contributed by atoms with Gasteiger partial charge in [0.15, 0.2) is 0 Å². The van der Waals surface area contributed by atoms with Gasteiger partial charge in [-0.3, -0.25) is 4.79 Å². The number of carboxylic acid groups (broad SMARTS) is 1. The largest absolute Gasteiger partial charge is 0.481 e. The third-order valence-electron chi connectivity index (χ3n) is 2.07. The lowest BCUT2D eigenvalue weighted by atomic mass is 9.92. The monoisotopic (exact) mass is 170 g/mol. The van der Waals surface area contributed by atoms with E-state index in [0.29, 0.717) is 5.92 Å². The molecule has 0 aliphatic carbocycles. The summed E-state index contributed by atoms with van der Waals surface area (Å²) in [5.41, 5.74) is 0. The minimum Gasteiger partial charge on any atom is -0.481 e. The van der Waals surface area contributed by atoms with Gasteiger partial charge in [-0.15, -0.1) is 0 Å². The lowest BCUT2D eigenvalue weighted by Gasteiger charge is -2.13. The summed E-state index contributed by atoms with van der Waals surface area (Å²) in [7, 11) is 0. The van der Waals surface area contributed by atoms with Crippen molar-refractivity contribution in [1.82, 2.24) is 0 Å². The molecule has 0 bridgehead atoms. The van der Waals surface area contributed by atoms with E-state index in [0.717, 1.165) is 6.42 Å². The minimum atomic E-state index is -0.709. The van der Waals surface area contributed by atoms with Gasteiger partial charge in [0.25, 0.3) is 0 Å². The molecule has 0 saturated carbocycles. The van der Waals surface area contributed by atoms with Crippen molar-refractivity contribution in [2.75, 3.05) is 0 Å². The zero-order chi connectivity index (χ0) is 9.56. The van der Waals surface area contributed by atoms with Crippen LogP contribution >= 0.6 is 0 Å². The number of hydrogen-bond acceptors (Lipinski definition) is 1. The Bertz CT molecular complexity index is 161. The maximum Gasteiger partial charge on any atom is 0.303 e. The van der Waals surface area contributed by atoms with Crippen LogP contribution in [0, 0.1) is 11.8 Å². The topological polar surface area (TPSA) is 37.3 Å². The van der Waals surface area contributed by atoms with Crippen molar-refractivity contribution in [3.05, 3.63) is 12.2 Å². The molecule has 0 aromatic heterocycles. The molecule has 0 aliphatic heterocycles. The fourth-order valence-electron chi connectivity index (χ4n) is 1.00. The number of rotatable bonds is 5. The molecule has 0 aromatic rings. The Morgan fingerprint density at radius 2 is 2.08 bits per heavy atom.